The summed E-state index contributed by atoms with van der Waals surface area (Å²) in [5.74, 6) is -8.10. The molecule has 3 aliphatic rings. The maximum Gasteiger partial charge on any atom is 0.303 e. The number of rotatable bonds is 19. The standard InChI is InChI=1S/C58H82ClN11O13S2/c1-7-33(6)49-56(81)65-44(50(60)75)29-84-27-36-9-8-10-37(62-36)28-85-30-45(54(79)69-58(17-19-83-20-18-58)57(82)67-43(22-32(4)5)53(78)68-49)66-52(77)42(21-31(2)3)64-51(76)41(14-16-48(73)74)63-55(80)46-24-38(71)26-70(46)47(72)15-11-34-25-61-40-13-12-35(59)23-39(34)40/h8-10,12-13,23,25,31-33,38,41-46,49,61,71H,7,11,14-22,24,26-30H2,1-6H3,(H2,60,75)(H,63,80)(H,64,76)(H,65,81)(H,66,77)(H,67,82)(H,68,78)(H,69,79)(H,73,74)/t33-,38+,41-,42+,43-,44-,45-,46-,49-/m0/s1. The minimum absolute atomic E-state index is 0.00975. The molecule has 0 unspecified atom stereocenters. The summed E-state index contributed by atoms with van der Waals surface area (Å²) in [7, 11) is 0. The molecular formula is C58H82ClN11O13S2. The van der Waals surface area contributed by atoms with Gasteiger partial charge in [0.15, 0.2) is 0 Å². The number of aromatic amines is 1. The van der Waals surface area contributed by atoms with Gasteiger partial charge in [-0.1, -0.05) is 65.6 Å². The Bertz CT molecular complexity index is 2890. The first-order valence-electron chi connectivity index (χ1n) is 28.9. The van der Waals surface area contributed by atoms with Gasteiger partial charge in [-0.05, 0) is 79.3 Å². The van der Waals surface area contributed by atoms with Gasteiger partial charge in [-0.2, -0.15) is 23.5 Å². The van der Waals surface area contributed by atoms with Gasteiger partial charge >= 0.3 is 5.97 Å². The van der Waals surface area contributed by atoms with E-state index < -0.39 is 132 Å². The largest absolute Gasteiger partial charge is 0.481 e. The number of primary amides is 1. The van der Waals surface area contributed by atoms with Crippen molar-refractivity contribution in [1.82, 2.24) is 52.1 Å². The van der Waals surface area contributed by atoms with Crippen LogP contribution >= 0.6 is 35.1 Å². The van der Waals surface area contributed by atoms with Crippen LogP contribution in [0.25, 0.3) is 10.9 Å². The molecule has 3 aromatic rings. The molecule has 2 aromatic heterocycles. The fraction of sp³-hybridized carbons (Fsp3) is 0.603. The second-order valence-corrected chi connectivity index (χ2v) is 25.5. The Labute approximate surface area is 508 Å². The molecule has 3 aliphatic heterocycles. The lowest BCUT2D eigenvalue weighted by Crippen LogP contribution is -2.67. The number of nitrogens with one attached hydrogen (secondary N) is 8. The summed E-state index contributed by atoms with van der Waals surface area (Å²) >= 11 is 8.78. The van der Waals surface area contributed by atoms with E-state index in [-0.39, 0.29) is 93.8 Å². The number of carboxylic acids is 1. The number of aryl methyl sites for hydroxylation is 1. The lowest BCUT2D eigenvalue weighted by atomic mass is 9.87. The minimum Gasteiger partial charge on any atom is -0.481 e. The lowest BCUT2D eigenvalue weighted by Gasteiger charge is -2.39. The number of carboxylic acid groups (broad SMARTS) is 1. The number of hydrogen-bond acceptors (Lipinski definition) is 15. The van der Waals surface area contributed by atoms with Crippen molar-refractivity contribution in [3.05, 3.63) is 64.6 Å². The van der Waals surface area contributed by atoms with Crippen LogP contribution in [0.2, 0.25) is 5.02 Å². The van der Waals surface area contributed by atoms with E-state index in [1.807, 2.05) is 26.8 Å². The number of β-amino-alcohol motifs (C(OH)–C–C–N with tert-alkyl or cyclic N) is 1. The average molecular weight is 1240 g/mol. The van der Waals surface area contributed by atoms with Crippen LogP contribution in [0.1, 0.15) is 116 Å². The molecular weight excluding hydrogens is 1160 g/mol. The van der Waals surface area contributed by atoms with E-state index in [1.54, 1.807) is 57.3 Å². The summed E-state index contributed by atoms with van der Waals surface area (Å²) in [6.07, 6.45) is 0.332. The SMILES string of the molecule is CC[C@H](C)[C@@H]1NC(=O)[C@H](CC(C)C)NC(=O)C2(CCOCC2)NC(=O)[C@@H](NC(=O)[C@@H](CC(C)C)NC(=O)[C@H](CCC(=O)O)NC(=O)[C@@H]2C[C@@H](O)CN2C(=O)CCc2c[nH]c3ccc(Cl)cc23)CSCc2cccc(n2)CSC[C@@H](C(N)=O)NC1=O. The Kier molecular flexibility index (Phi) is 25.3. The van der Waals surface area contributed by atoms with Crippen LogP contribution in [-0.4, -0.2) is 169 Å². The van der Waals surface area contributed by atoms with Gasteiger partial charge in [0, 0.05) is 97.0 Å². The van der Waals surface area contributed by atoms with Crippen LogP contribution in [0.3, 0.4) is 0 Å². The molecule has 2 fully saturated rings. The first kappa shape index (κ1) is 67.6. The Morgan fingerprint density at radius 3 is 2.21 bits per heavy atom. The number of fused-ring (bicyclic) bond motifs is 3. The van der Waals surface area contributed by atoms with Crippen LogP contribution in [-0.2, 0) is 70.6 Å². The highest BCUT2D eigenvalue weighted by atomic mass is 35.5. The molecule has 9 atom stereocenters. The number of halogens is 1. The normalized spacial score (nSPS) is 23.1. The number of aliphatic hydroxyl groups is 1. The lowest BCUT2D eigenvalue weighted by molar-refractivity contribution is -0.141. The van der Waals surface area contributed by atoms with E-state index in [0.29, 0.717) is 28.6 Å². The molecule has 27 heteroatoms. The molecule has 0 radical (unpaired) electrons. The van der Waals surface area contributed by atoms with Crippen molar-refractivity contribution in [2.24, 2.45) is 23.5 Å². The van der Waals surface area contributed by atoms with E-state index in [4.69, 9.17) is 27.1 Å². The van der Waals surface area contributed by atoms with Gasteiger partial charge in [-0.3, -0.25) is 52.9 Å². The topological polar surface area (TPSA) is 363 Å². The van der Waals surface area contributed by atoms with Gasteiger partial charge in [-0.15, -0.1) is 0 Å². The number of carbonyl (C=O) groups excluding carboxylic acids is 9. The third-order valence-electron chi connectivity index (χ3n) is 15.4. The molecule has 12 N–H and O–H groups in total. The number of nitrogens with zero attached hydrogens (tertiary/aromatic N) is 2. The molecule has 0 aliphatic carbocycles. The Balaban J connectivity index is 1.26. The molecule has 6 rings (SSSR count). The van der Waals surface area contributed by atoms with Crippen LogP contribution in [0.4, 0.5) is 0 Å². The highest BCUT2D eigenvalue weighted by molar-refractivity contribution is 7.98. The number of thioether (sulfide) groups is 2. The fourth-order valence-corrected chi connectivity index (χ4v) is 12.5. The molecule has 1 aromatic carbocycles. The second kappa shape index (κ2) is 31.8. The second-order valence-electron chi connectivity index (χ2n) is 23.0. The molecule has 466 valence electrons. The van der Waals surface area contributed by atoms with Gasteiger partial charge < -0.3 is 67.8 Å². The van der Waals surface area contributed by atoms with Gasteiger partial charge in [0.25, 0.3) is 0 Å². The monoisotopic (exact) mass is 1240 g/mol. The van der Waals surface area contributed by atoms with E-state index in [9.17, 15) is 58.2 Å². The molecule has 85 heavy (non-hydrogen) atoms. The van der Waals surface area contributed by atoms with Crippen molar-refractivity contribution >= 4 is 105 Å². The van der Waals surface area contributed by atoms with E-state index in [1.165, 1.54) is 28.4 Å². The predicted octanol–water partition coefficient (Wildman–Crippen LogP) is 2.35. The van der Waals surface area contributed by atoms with Crippen LogP contribution < -0.4 is 43.0 Å². The Hall–Kier alpha value is -6.48. The number of carbonyl (C=O) groups is 10. The highest BCUT2D eigenvalue weighted by Crippen LogP contribution is 2.27. The summed E-state index contributed by atoms with van der Waals surface area (Å²) in [4.78, 5) is 149. The predicted molar refractivity (Wildman–Crippen MR) is 321 cm³/mol. The number of aromatic nitrogens is 2. The fourth-order valence-electron chi connectivity index (χ4n) is 10.4. The van der Waals surface area contributed by atoms with Gasteiger partial charge in [0.05, 0.1) is 17.5 Å². The third kappa shape index (κ3) is 19.5. The van der Waals surface area contributed by atoms with E-state index in [2.05, 4.69) is 42.2 Å². The highest BCUT2D eigenvalue weighted by Gasteiger charge is 2.46. The molecule has 0 saturated carbocycles. The summed E-state index contributed by atoms with van der Waals surface area (Å²) in [6.45, 7) is 10.8. The quantitative estimate of drug-likeness (QED) is 0.0821. The first-order valence-corrected chi connectivity index (χ1v) is 31.6. The zero-order valence-electron chi connectivity index (χ0n) is 49.0. The number of amides is 9. The van der Waals surface area contributed by atoms with Crippen molar-refractivity contribution in [1.29, 1.82) is 0 Å². The van der Waals surface area contributed by atoms with Crippen LogP contribution in [0.5, 0.6) is 0 Å². The Morgan fingerprint density at radius 1 is 0.871 bits per heavy atom. The summed E-state index contributed by atoms with van der Waals surface area (Å²) in [5, 5.41) is 41.3. The number of ether oxygens (including phenoxy) is 1. The zero-order chi connectivity index (χ0) is 62.1. The number of aliphatic carboxylic acids is 1. The number of nitrogens with two attached hydrogens (primary N) is 1. The molecule has 5 heterocycles. The average Bonchev–Trinajstić information content (AvgIpc) is 4.29. The Morgan fingerprint density at radius 2 is 1.56 bits per heavy atom. The summed E-state index contributed by atoms with van der Waals surface area (Å²) in [5.41, 5.74) is 6.98. The molecule has 9 amide bonds. The van der Waals surface area contributed by atoms with Crippen molar-refractivity contribution in [2.75, 3.05) is 31.3 Å². The van der Waals surface area contributed by atoms with Crippen LogP contribution in [0.15, 0.2) is 42.6 Å². The number of benzene rings is 1. The van der Waals surface area contributed by atoms with Crippen molar-refractivity contribution in [3.8, 4) is 0 Å². The number of H-pyrrole nitrogens is 1. The van der Waals surface area contributed by atoms with Crippen molar-refractivity contribution in [2.45, 2.75) is 171 Å². The van der Waals surface area contributed by atoms with Gasteiger partial charge in [0.2, 0.25) is 53.2 Å². The number of likely N-dealkylation sites (tertiary alicyclic amines) is 1. The number of pyridine rings is 1. The summed E-state index contributed by atoms with van der Waals surface area (Å²) < 4.78 is 5.67. The van der Waals surface area contributed by atoms with Crippen molar-refractivity contribution in [3.63, 3.8) is 0 Å². The molecule has 1 spiro atoms. The number of hydrogen-bond donors (Lipinski definition) is 11. The minimum atomic E-state index is -1.67. The molecule has 2 saturated heterocycles. The maximum atomic E-state index is 14.9. The smallest absolute Gasteiger partial charge is 0.303 e. The van der Waals surface area contributed by atoms with Crippen molar-refractivity contribution < 1.29 is 62.9 Å². The molecule has 2 bridgehead atoms. The van der Waals surface area contributed by atoms with Gasteiger partial charge in [0.1, 0.15) is 47.8 Å². The van der Waals surface area contributed by atoms with Crippen LogP contribution in [0, 0.1) is 17.8 Å². The number of aliphatic hydroxyl groups excluding tert-OH is 1. The van der Waals surface area contributed by atoms with Gasteiger partial charge in [-0.25, -0.2) is 0 Å². The first-order chi connectivity index (χ1) is 40.4. The molecule has 24 nitrogen and oxygen atoms in total. The summed E-state index contributed by atoms with van der Waals surface area (Å²) in [6, 6.07) is 1.76. The van der Waals surface area contributed by atoms with E-state index in [0.717, 1.165) is 16.5 Å². The maximum absolute atomic E-state index is 14.9. The third-order valence-corrected chi connectivity index (χ3v) is 17.7. The zero-order valence-corrected chi connectivity index (χ0v) is 51.4. The van der Waals surface area contributed by atoms with E-state index >= 15 is 0 Å².